The molecule has 0 radical (unpaired) electrons. The van der Waals surface area contributed by atoms with Crippen LogP contribution in [0.25, 0.3) is 0 Å². The van der Waals surface area contributed by atoms with Gasteiger partial charge in [-0.05, 0) is 6.92 Å². The molecule has 0 aliphatic rings. The molecule has 0 heterocycles. The third kappa shape index (κ3) is 4.27. The molecule has 72 valence electrons. The van der Waals surface area contributed by atoms with Crippen molar-refractivity contribution >= 4 is 5.97 Å². The van der Waals surface area contributed by atoms with Crippen LogP contribution >= 0.6 is 0 Å². The predicted molar refractivity (Wildman–Crippen MR) is 40.4 cm³/mol. The van der Waals surface area contributed by atoms with Crippen molar-refractivity contribution in [1.29, 1.82) is 0 Å². The highest BCUT2D eigenvalue weighted by atomic mass is 16.7. The maximum absolute atomic E-state index is 10.7. The number of aliphatic hydroxyl groups is 1. The fraction of sp³-hybridized carbons (Fsp3) is 0.857. The van der Waals surface area contributed by atoms with Crippen LogP contribution in [0.2, 0.25) is 0 Å². The van der Waals surface area contributed by atoms with Crippen LogP contribution in [-0.2, 0) is 19.0 Å². The smallest absolute Gasteiger partial charge is 0.334 e. The van der Waals surface area contributed by atoms with Crippen LogP contribution in [0.15, 0.2) is 0 Å². The number of methoxy groups -OCH3 is 2. The molecule has 5 nitrogen and oxygen atoms in total. The molecule has 0 rings (SSSR count). The molecule has 0 fully saturated rings. The molecule has 0 aromatic carbocycles. The van der Waals surface area contributed by atoms with Crippen molar-refractivity contribution in [1.82, 2.24) is 0 Å². The van der Waals surface area contributed by atoms with Crippen molar-refractivity contribution in [3.8, 4) is 0 Å². The maximum Gasteiger partial charge on any atom is 0.334 e. The van der Waals surface area contributed by atoms with Gasteiger partial charge in [-0.3, -0.25) is 0 Å². The molecule has 5 heteroatoms. The second-order valence-electron chi connectivity index (χ2n) is 2.21. The number of carbonyl (C=O) groups excluding carboxylic acids is 1. The van der Waals surface area contributed by atoms with Gasteiger partial charge in [-0.1, -0.05) is 0 Å². The van der Waals surface area contributed by atoms with Gasteiger partial charge in [-0.15, -0.1) is 0 Å². The van der Waals surface area contributed by atoms with E-state index in [2.05, 4.69) is 4.74 Å². The van der Waals surface area contributed by atoms with Crippen LogP contribution in [0.5, 0.6) is 0 Å². The van der Waals surface area contributed by atoms with E-state index in [0.29, 0.717) is 0 Å². The summed E-state index contributed by atoms with van der Waals surface area (Å²) >= 11 is 0. The number of aliphatic hydroxyl groups excluding tert-OH is 1. The van der Waals surface area contributed by atoms with E-state index < -0.39 is 18.4 Å². The monoisotopic (exact) mass is 178 g/mol. The minimum absolute atomic E-state index is 0.0171. The minimum Gasteiger partial charge on any atom is -0.458 e. The number of carbonyl (C=O) groups is 1. The van der Waals surface area contributed by atoms with Gasteiger partial charge < -0.3 is 19.3 Å². The zero-order chi connectivity index (χ0) is 9.56. The summed E-state index contributed by atoms with van der Waals surface area (Å²) in [5.41, 5.74) is 0. The van der Waals surface area contributed by atoms with E-state index in [1.54, 1.807) is 0 Å². The van der Waals surface area contributed by atoms with Crippen LogP contribution in [0.4, 0.5) is 0 Å². The van der Waals surface area contributed by atoms with Gasteiger partial charge in [0.25, 0.3) is 0 Å². The van der Waals surface area contributed by atoms with Gasteiger partial charge in [-0.2, -0.15) is 0 Å². The van der Waals surface area contributed by atoms with E-state index in [1.165, 1.54) is 21.1 Å². The van der Waals surface area contributed by atoms with Crippen LogP contribution in [0, 0.1) is 0 Å². The van der Waals surface area contributed by atoms with Crippen LogP contribution in [0.3, 0.4) is 0 Å². The Morgan fingerprint density at radius 1 is 1.42 bits per heavy atom. The van der Waals surface area contributed by atoms with Crippen LogP contribution < -0.4 is 0 Å². The molecule has 1 atom stereocenters. The van der Waals surface area contributed by atoms with E-state index in [1.807, 2.05) is 0 Å². The molecule has 1 N–H and O–H groups in total. The quantitative estimate of drug-likeness (QED) is 0.455. The zero-order valence-electron chi connectivity index (χ0n) is 7.44. The standard InChI is InChI=1S/C7H14O5/c1-5(8)7(9)12-4-6(10-2)11-3/h5-6,8H,4H2,1-3H3. The summed E-state index contributed by atoms with van der Waals surface area (Å²) in [7, 11) is 2.87. The molecule has 1 unspecified atom stereocenters. The molecule has 0 aromatic rings. The summed E-state index contributed by atoms with van der Waals surface area (Å²) in [6, 6.07) is 0. The summed E-state index contributed by atoms with van der Waals surface area (Å²) in [6.45, 7) is 1.31. The molecular formula is C7H14O5. The molecule has 0 spiro atoms. The van der Waals surface area contributed by atoms with E-state index in [4.69, 9.17) is 14.6 Å². The molecule has 0 bridgehead atoms. The predicted octanol–water partition coefficient (Wildman–Crippen LogP) is -0.471. The van der Waals surface area contributed by atoms with Crippen molar-refractivity contribution in [3.63, 3.8) is 0 Å². The number of ether oxygens (including phenoxy) is 3. The second-order valence-corrected chi connectivity index (χ2v) is 2.21. The first-order valence-electron chi connectivity index (χ1n) is 3.52. The Balaban J connectivity index is 3.59. The van der Waals surface area contributed by atoms with Crippen molar-refractivity contribution in [2.75, 3.05) is 20.8 Å². The third-order valence-corrected chi connectivity index (χ3v) is 1.23. The van der Waals surface area contributed by atoms with Gasteiger partial charge in [0.05, 0.1) is 0 Å². The summed E-state index contributed by atoms with van der Waals surface area (Å²) in [6.07, 6.45) is -1.69. The first-order chi connectivity index (χ1) is 5.61. The van der Waals surface area contributed by atoms with Crippen molar-refractivity contribution in [2.45, 2.75) is 19.3 Å². The maximum atomic E-state index is 10.7. The van der Waals surface area contributed by atoms with Gasteiger partial charge in [0.2, 0.25) is 0 Å². The lowest BCUT2D eigenvalue weighted by atomic mass is 10.4. The Labute approximate surface area is 71.2 Å². The van der Waals surface area contributed by atoms with Crippen molar-refractivity contribution < 1.29 is 24.1 Å². The van der Waals surface area contributed by atoms with Crippen molar-refractivity contribution in [2.24, 2.45) is 0 Å². The first kappa shape index (κ1) is 11.4. The fourth-order valence-corrected chi connectivity index (χ4v) is 0.503. The normalized spacial score (nSPS) is 13.1. The lowest BCUT2D eigenvalue weighted by Gasteiger charge is -2.13. The molecule has 0 aliphatic heterocycles. The Morgan fingerprint density at radius 2 is 1.92 bits per heavy atom. The van der Waals surface area contributed by atoms with E-state index >= 15 is 0 Å². The van der Waals surface area contributed by atoms with Gasteiger partial charge in [0.1, 0.15) is 12.7 Å². The summed E-state index contributed by atoms with van der Waals surface area (Å²) < 4.78 is 14.1. The summed E-state index contributed by atoms with van der Waals surface area (Å²) in [5.74, 6) is -0.686. The molecule has 0 aromatic heterocycles. The lowest BCUT2D eigenvalue weighted by molar-refractivity contribution is -0.173. The molecule has 0 aliphatic carbocycles. The van der Waals surface area contributed by atoms with E-state index in [-0.39, 0.29) is 6.61 Å². The first-order valence-corrected chi connectivity index (χ1v) is 3.52. The second kappa shape index (κ2) is 5.93. The van der Waals surface area contributed by atoms with E-state index in [9.17, 15) is 4.79 Å². The van der Waals surface area contributed by atoms with Crippen molar-refractivity contribution in [3.05, 3.63) is 0 Å². The lowest BCUT2D eigenvalue weighted by Crippen LogP contribution is -2.27. The largest absolute Gasteiger partial charge is 0.458 e. The Kier molecular flexibility index (Phi) is 5.61. The SMILES string of the molecule is COC(COC(=O)C(C)O)OC. The fourth-order valence-electron chi connectivity index (χ4n) is 0.503. The van der Waals surface area contributed by atoms with Gasteiger partial charge >= 0.3 is 5.97 Å². The molecule has 0 amide bonds. The number of esters is 1. The summed E-state index contributed by atoms with van der Waals surface area (Å²) in [4.78, 5) is 10.7. The topological polar surface area (TPSA) is 65.0 Å². The van der Waals surface area contributed by atoms with Gasteiger partial charge in [0.15, 0.2) is 6.29 Å². The van der Waals surface area contributed by atoms with Crippen LogP contribution in [-0.4, -0.2) is 44.3 Å². The third-order valence-electron chi connectivity index (χ3n) is 1.23. The number of hydrogen-bond donors (Lipinski definition) is 1. The molecule has 0 saturated heterocycles. The molecule has 12 heavy (non-hydrogen) atoms. The average Bonchev–Trinajstić information content (AvgIpc) is 2.05. The highest BCUT2D eigenvalue weighted by Crippen LogP contribution is 1.94. The summed E-state index contributed by atoms with van der Waals surface area (Å²) in [5, 5.41) is 8.72. The van der Waals surface area contributed by atoms with E-state index in [0.717, 1.165) is 0 Å². The molecular weight excluding hydrogens is 164 g/mol. The average molecular weight is 178 g/mol. The number of rotatable bonds is 5. The zero-order valence-corrected chi connectivity index (χ0v) is 7.44. The highest BCUT2D eigenvalue weighted by molar-refractivity contribution is 5.73. The van der Waals surface area contributed by atoms with Gasteiger partial charge in [0, 0.05) is 14.2 Å². The Bertz CT molecular complexity index is 130. The highest BCUT2D eigenvalue weighted by Gasteiger charge is 2.13. The number of hydrogen-bond acceptors (Lipinski definition) is 5. The Hall–Kier alpha value is -0.650. The Morgan fingerprint density at radius 3 is 2.25 bits per heavy atom. The van der Waals surface area contributed by atoms with Crippen LogP contribution in [0.1, 0.15) is 6.92 Å². The minimum atomic E-state index is -1.11. The van der Waals surface area contributed by atoms with Gasteiger partial charge in [-0.25, -0.2) is 4.79 Å². The molecule has 0 saturated carbocycles.